The van der Waals surface area contributed by atoms with Crippen LogP contribution in [0.4, 0.5) is 10.1 Å². The van der Waals surface area contributed by atoms with Gasteiger partial charge in [0, 0.05) is 17.2 Å². The van der Waals surface area contributed by atoms with Crippen LogP contribution in [0.25, 0.3) is 16.6 Å². The van der Waals surface area contributed by atoms with E-state index in [0.29, 0.717) is 5.03 Å². The van der Waals surface area contributed by atoms with Gasteiger partial charge in [-0.3, -0.25) is 9.20 Å². The van der Waals surface area contributed by atoms with Gasteiger partial charge in [-0.15, -0.1) is 10.2 Å². The maximum atomic E-state index is 13.8. The minimum atomic E-state index is -0.583. The maximum absolute atomic E-state index is 13.8. The van der Waals surface area contributed by atoms with Gasteiger partial charge in [0.2, 0.25) is 5.91 Å². The van der Waals surface area contributed by atoms with Gasteiger partial charge in [-0.2, -0.15) is 0 Å². The first kappa shape index (κ1) is 17.8. The first-order chi connectivity index (χ1) is 12.9. The van der Waals surface area contributed by atoms with E-state index in [1.54, 1.807) is 0 Å². The normalized spacial score (nSPS) is 11.4. The van der Waals surface area contributed by atoms with Crippen LogP contribution < -0.4 is 5.32 Å². The Kier molecular flexibility index (Phi) is 4.53. The second-order valence-electron chi connectivity index (χ2n) is 5.98. The third kappa shape index (κ3) is 3.38. The molecule has 1 amide bonds. The second kappa shape index (κ2) is 6.86. The number of aromatic nitrogens is 3. The van der Waals surface area contributed by atoms with Crippen molar-refractivity contribution in [2.75, 3.05) is 11.1 Å². The molecule has 0 saturated heterocycles. The average Bonchev–Trinajstić information content (AvgIpc) is 3.13. The van der Waals surface area contributed by atoms with E-state index >= 15 is 0 Å². The van der Waals surface area contributed by atoms with Gasteiger partial charge in [-0.05, 0) is 32.0 Å². The summed E-state index contributed by atoms with van der Waals surface area (Å²) in [4.78, 5) is 12.2. The van der Waals surface area contributed by atoms with Crippen molar-refractivity contribution in [3.63, 3.8) is 0 Å². The number of fused-ring (bicyclic) bond motifs is 3. The summed E-state index contributed by atoms with van der Waals surface area (Å²) < 4.78 is 21.4. The standard InChI is InChI=1S/C18H14ClFN4O2S/c1-9-5-14-16(26-9)7-15-18(23-22-10(2)24(14)15)27-8-17(25)21-13-4-3-11(19)6-12(13)20/h3-7H,8H2,1-2H3,(H,21,25). The lowest BCUT2D eigenvalue weighted by Crippen LogP contribution is -2.15. The van der Waals surface area contributed by atoms with E-state index in [0.717, 1.165) is 34.3 Å². The molecule has 0 unspecified atom stereocenters. The quantitative estimate of drug-likeness (QED) is 0.502. The van der Waals surface area contributed by atoms with Crippen molar-refractivity contribution in [3.05, 3.63) is 52.8 Å². The van der Waals surface area contributed by atoms with Crippen LogP contribution in [0.15, 0.2) is 39.8 Å². The number of benzene rings is 1. The van der Waals surface area contributed by atoms with Crippen LogP contribution in [0.3, 0.4) is 0 Å². The van der Waals surface area contributed by atoms with Gasteiger partial charge in [-0.25, -0.2) is 4.39 Å². The molecule has 3 heterocycles. The monoisotopic (exact) mass is 404 g/mol. The van der Waals surface area contributed by atoms with Crippen LogP contribution in [0, 0.1) is 19.7 Å². The number of hydrogen-bond donors (Lipinski definition) is 1. The molecular weight excluding hydrogens is 391 g/mol. The summed E-state index contributed by atoms with van der Waals surface area (Å²) in [6.45, 7) is 3.73. The lowest BCUT2D eigenvalue weighted by atomic mass is 10.3. The molecule has 1 N–H and O–H groups in total. The zero-order valence-electron chi connectivity index (χ0n) is 14.4. The maximum Gasteiger partial charge on any atom is 0.234 e. The van der Waals surface area contributed by atoms with E-state index in [1.165, 1.54) is 23.9 Å². The van der Waals surface area contributed by atoms with Crippen molar-refractivity contribution in [1.82, 2.24) is 14.6 Å². The number of furan rings is 1. The van der Waals surface area contributed by atoms with E-state index in [4.69, 9.17) is 16.0 Å². The highest BCUT2D eigenvalue weighted by Gasteiger charge is 2.16. The third-order valence-electron chi connectivity index (χ3n) is 3.99. The van der Waals surface area contributed by atoms with Gasteiger partial charge < -0.3 is 9.73 Å². The number of thioether (sulfide) groups is 1. The van der Waals surface area contributed by atoms with E-state index in [9.17, 15) is 9.18 Å². The Bertz CT molecular complexity index is 1190. The van der Waals surface area contributed by atoms with Crippen LogP contribution in [0.5, 0.6) is 0 Å². The van der Waals surface area contributed by atoms with Gasteiger partial charge >= 0.3 is 0 Å². The van der Waals surface area contributed by atoms with Crippen LogP contribution in [-0.2, 0) is 4.79 Å². The molecule has 0 radical (unpaired) electrons. The fraction of sp³-hybridized carbons (Fsp3) is 0.167. The summed E-state index contributed by atoms with van der Waals surface area (Å²) in [5, 5.41) is 11.8. The Labute approximate surface area is 162 Å². The van der Waals surface area contributed by atoms with E-state index < -0.39 is 5.82 Å². The summed E-state index contributed by atoms with van der Waals surface area (Å²) in [5.74, 6) is 0.650. The van der Waals surface area contributed by atoms with Gasteiger partial charge in [0.25, 0.3) is 0 Å². The molecule has 138 valence electrons. The van der Waals surface area contributed by atoms with Crippen LogP contribution >= 0.6 is 23.4 Å². The average molecular weight is 405 g/mol. The van der Waals surface area contributed by atoms with Crippen molar-refractivity contribution < 1.29 is 13.6 Å². The summed E-state index contributed by atoms with van der Waals surface area (Å²) in [7, 11) is 0. The second-order valence-corrected chi connectivity index (χ2v) is 7.39. The number of carbonyl (C=O) groups is 1. The summed E-state index contributed by atoms with van der Waals surface area (Å²) in [6, 6.07) is 7.90. The Balaban J connectivity index is 1.56. The molecule has 4 rings (SSSR count). The van der Waals surface area contributed by atoms with Crippen molar-refractivity contribution in [1.29, 1.82) is 0 Å². The molecule has 0 aliphatic carbocycles. The number of amides is 1. The first-order valence-corrected chi connectivity index (χ1v) is 9.41. The number of anilines is 1. The molecule has 0 fully saturated rings. The molecule has 27 heavy (non-hydrogen) atoms. The molecule has 0 saturated carbocycles. The highest BCUT2D eigenvalue weighted by Crippen LogP contribution is 2.30. The van der Waals surface area contributed by atoms with Crippen LogP contribution in [0.1, 0.15) is 11.6 Å². The van der Waals surface area contributed by atoms with E-state index in [1.807, 2.05) is 30.4 Å². The lowest BCUT2D eigenvalue weighted by molar-refractivity contribution is -0.113. The molecule has 0 aliphatic rings. The SMILES string of the molecule is Cc1cc2c(cc3c(SCC(=O)Nc4ccc(Cl)cc4F)nnc(C)n32)o1. The van der Waals surface area contributed by atoms with Gasteiger partial charge in [-0.1, -0.05) is 23.4 Å². The molecule has 6 nitrogen and oxygen atoms in total. The predicted octanol–water partition coefficient (Wildman–Crippen LogP) is 4.62. The highest BCUT2D eigenvalue weighted by molar-refractivity contribution is 8.00. The topological polar surface area (TPSA) is 72.4 Å². The molecule has 0 atom stereocenters. The highest BCUT2D eigenvalue weighted by atomic mass is 35.5. The Morgan fingerprint density at radius 3 is 2.85 bits per heavy atom. The van der Waals surface area contributed by atoms with Gasteiger partial charge in [0.1, 0.15) is 22.4 Å². The fourth-order valence-electron chi connectivity index (χ4n) is 2.85. The molecule has 9 heteroatoms. The van der Waals surface area contributed by atoms with Gasteiger partial charge in [0.05, 0.1) is 22.5 Å². The minimum absolute atomic E-state index is 0.0566. The van der Waals surface area contributed by atoms with Crippen LogP contribution in [0.2, 0.25) is 5.02 Å². The number of rotatable bonds is 4. The molecule has 0 bridgehead atoms. The number of nitrogens with one attached hydrogen (secondary N) is 1. The molecule has 1 aromatic carbocycles. The lowest BCUT2D eigenvalue weighted by Gasteiger charge is -2.07. The first-order valence-electron chi connectivity index (χ1n) is 8.05. The predicted molar refractivity (Wildman–Crippen MR) is 103 cm³/mol. The third-order valence-corrected chi connectivity index (χ3v) is 5.19. The molecule has 0 aliphatic heterocycles. The Hall–Kier alpha value is -2.58. The van der Waals surface area contributed by atoms with E-state index in [-0.39, 0.29) is 22.4 Å². The molecular formula is C18H14ClFN4O2S. The zero-order chi connectivity index (χ0) is 19.1. The number of hydrogen-bond acceptors (Lipinski definition) is 5. The van der Waals surface area contributed by atoms with Crippen molar-refractivity contribution in [2.24, 2.45) is 0 Å². The molecule has 3 aromatic heterocycles. The fourth-order valence-corrected chi connectivity index (χ4v) is 3.74. The smallest absolute Gasteiger partial charge is 0.234 e. The minimum Gasteiger partial charge on any atom is -0.460 e. The van der Waals surface area contributed by atoms with Crippen LogP contribution in [-0.4, -0.2) is 26.3 Å². The number of halogens is 2. The Morgan fingerprint density at radius 1 is 1.26 bits per heavy atom. The van der Waals surface area contributed by atoms with Gasteiger partial charge in [0.15, 0.2) is 5.58 Å². The summed E-state index contributed by atoms with van der Waals surface area (Å²) in [6.07, 6.45) is 0. The number of nitrogens with zero attached hydrogens (tertiary/aromatic N) is 3. The number of aryl methyl sites for hydroxylation is 2. The molecule has 0 spiro atoms. The Morgan fingerprint density at radius 2 is 2.07 bits per heavy atom. The summed E-state index contributed by atoms with van der Waals surface area (Å²) in [5.41, 5.74) is 2.54. The van der Waals surface area contributed by atoms with Crippen molar-refractivity contribution in [3.8, 4) is 0 Å². The summed E-state index contributed by atoms with van der Waals surface area (Å²) >= 11 is 6.94. The van der Waals surface area contributed by atoms with Crippen molar-refractivity contribution >= 4 is 51.6 Å². The number of carbonyl (C=O) groups excluding carboxylic acids is 1. The van der Waals surface area contributed by atoms with Crippen molar-refractivity contribution in [2.45, 2.75) is 18.9 Å². The molecule has 4 aromatic rings. The van der Waals surface area contributed by atoms with E-state index in [2.05, 4.69) is 15.5 Å². The largest absolute Gasteiger partial charge is 0.460 e. The zero-order valence-corrected chi connectivity index (χ0v) is 16.0.